The molecule has 4 nitrogen and oxygen atoms in total. The highest BCUT2D eigenvalue weighted by Gasteiger charge is 2.30. The van der Waals surface area contributed by atoms with Gasteiger partial charge in [-0.2, -0.15) is 0 Å². The number of benzene rings is 3. The summed E-state index contributed by atoms with van der Waals surface area (Å²) in [6.45, 7) is 0.136. The summed E-state index contributed by atoms with van der Waals surface area (Å²) in [7, 11) is 0. The van der Waals surface area contributed by atoms with E-state index < -0.39 is 0 Å². The molecule has 1 aliphatic rings. The molecule has 0 bridgehead atoms. The molecule has 0 spiro atoms. The number of thioether (sulfide) groups is 1. The molecular formula is C22H15FN2O2S. The van der Waals surface area contributed by atoms with Crippen molar-refractivity contribution in [2.24, 2.45) is 0 Å². The van der Waals surface area contributed by atoms with Gasteiger partial charge in [-0.15, -0.1) is 10.2 Å². The molecule has 28 heavy (non-hydrogen) atoms. The van der Waals surface area contributed by atoms with E-state index in [0.29, 0.717) is 16.9 Å². The molecule has 3 aromatic carbocycles. The Bertz CT molecular complexity index is 1080. The van der Waals surface area contributed by atoms with Crippen molar-refractivity contribution in [1.82, 2.24) is 10.2 Å². The first-order valence-electron chi connectivity index (χ1n) is 8.83. The molecule has 0 unspecified atom stereocenters. The molecule has 0 N–H and O–H groups in total. The van der Waals surface area contributed by atoms with Crippen LogP contribution >= 0.6 is 11.8 Å². The maximum atomic E-state index is 13.0. The molecule has 0 fully saturated rings. The van der Waals surface area contributed by atoms with E-state index in [2.05, 4.69) is 46.6 Å². The van der Waals surface area contributed by atoms with Crippen LogP contribution in [0, 0.1) is 5.82 Å². The number of ether oxygens (including phenoxy) is 1. The van der Waals surface area contributed by atoms with E-state index in [1.165, 1.54) is 46.1 Å². The average molecular weight is 390 g/mol. The molecule has 0 saturated heterocycles. The topological polar surface area (TPSA) is 48.2 Å². The van der Waals surface area contributed by atoms with Crippen LogP contribution in [-0.2, 0) is 6.61 Å². The second-order valence-corrected chi connectivity index (χ2v) is 7.43. The van der Waals surface area contributed by atoms with Gasteiger partial charge in [-0.1, -0.05) is 60.3 Å². The number of nitrogens with zero attached hydrogens (tertiary/aromatic N) is 2. The molecule has 0 radical (unpaired) electrons. The molecule has 5 rings (SSSR count). The van der Waals surface area contributed by atoms with Gasteiger partial charge >= 0.3 is 0 Å². The minimum atomic E-state index is -0.305. The van der Waals surface area contributed by atoms with Crippen molar-refractivity contribution in [1.29, 1.82) is 0 Å². The van der Waals surface area contributed by atoms with E-state index >= 15 is 0 Å². The highest BCUT2D eigenvalue weighted by atomic mass is 32.2. The van der Waals surface area contributed by atoms with Crippen LogP contribution < -0.4 is 4.74 Å². The lowest BCUT2D eigenvalue weighted by Gasteiger charge is -2.10. The van der Waals surface area contributed by atoms with Crippen molar-refractivity contribution in [3.63, 3.8) is 0 Å². The van der Waals surface area contributed by atoms with Crippen LogP contribution in [0.3, 0.4) is 0 Å². The van der Waals surface area contributed by atoms with Gasteiger partial charge < -0.3 is 9.15 Å². The van der Waals surface area contributed by atoms with E-state index in [1.807, 2.05) is 12.1 Å². The smallest absolute Gasteiger partial charge is 0.277 e. The van der Waals surface area contributed by atoms with Crippen LogP contribution in [-0.4, -0.2) is 10.2 Å². The largest absolute Gasteiger partial charge is 0.484 e. The minimum absolute atomic E-state index is 0.110. The van der Waals surface area contributed by atoms with Crippen molar-refractivity contribution < 1.29 is 13.5 Å². The molecule has 0 amide bonds. The van der Waals surface area contributed by atoms with Gasteiger partial charge in [-0.3, -0.25) is 0 Å². The van der Waals surface area contributed by atoms with Crippen LogP contribution in [0.2, 0.25) is 0 Å². The SMILES string of the molecule is Fc1ccc(OCc2nnc(SC3c4ccccc4-c4ccccc43)o2)cc1. The lowest BCUT2D eigenvalue weighted by atomic mass is 10.1. The van der Waals surface area contributed by atoms with E-state index in [-0.39, 0.29) is 17.7 Å². The highest BCUT2D eigenvalue weighted by Crippen LogP contribution is 2.51. The summed E-state index contributed by atoms with van der Waals surface area (Å²) in [4.78, 5) is 0. The first-order valence-corrected chi connectivity index (χ1v) is 9.71. The van der Waals surface area contributed by atoms with Gasteiger partial charge in [0.2, 0.25) is 0 Å². The first kappa shape index (κ1) is 17.0. The number of hydrogen-bond donors (Lipinski definition) is 0. The standard InChI is InChI=1S/C22H15FN2O2S/c23-14-9-11-15(12-10-14)26-13-20-24-25-22(27-20)28-21-18-7-3-1-5-16(18)17-6-2-4-8-19(17)21/h1-12,21H,13H2. The Balaban J connectivity index is 1.34. The van der Waals surface area contributed by atoms with Crippen LogP contribution in [0.5, 0.6) is 5.75 Å². The molecular weight excluding hydrogens is 375 g/mol. The summed E-state index contributed by atoms with van der Waals surface area (Å²) in [5, 5.41) is 8.83. The zero-order valence-corrected chi connectivity index (χ0v) is 15.5. The number of aromatic nitrogens is 2. The van der Waals surface area contributed by atoms with E-state index in [1.54, 1.807) is 12.1 Å². The fourth-order valence-electron chi connectivity index (χ4n) is 3.36. The highest BCUT2D eigenvalue weighted by molar-refractivity contribution is 7.99. The Morgan fingerprint density at radius 1 is 0.857 bits per heavy atom. The second-order valence-electron chi connectivity index (χ2n) is 6.38. The quantitative estimate of drug-likeness (QED) is 0.441. The zero-order chi connectivity index (χ0) is 18.9. The molecule has 4 aromatic rings. The van der Waals surface area contributed by atoms with Crippen molar-refractivity contribution in [2.75, 3.05) is 0 Å². The molecule has 138 valence electrons. The van der Waals surface area contributed by atoms with E-state index in [9.17, 15) is 4.39 Å². The predicted octanol–water partition coefficient (Wildman–Crippen LogP) is 5.65. The monoisotopic (exact) mass is 390 g/mol. The van der Waals surface area contributed by atoms with Crippen molar-refractivity contribution in [3.05, 3.63) is 95.6 Å². The number of rotatable bonds is 5. The molecule has 6 heteroatoms. The van der Waals surface area contributed by atoms with Crippen LogP contribution in [0.15, 0.2) is 82.4 Å². The van der Waals surface area contributed by atoms with Gasteiger partial charge in [0, 0.05) is 0 Å². The van der Waals surface area contributed by atoms with Crippen LogP contribution in [0.1, 0.15) is 22.3 Å². The molecule has 0 atom stereocenters. The number of fused-ring (bicyclic) bond motifs is 3. The van der Waals surface area contributed by atoms with Gasteiger partial charge in [-0.05, 0) is 46.5 Å². The zero-order valence-electron chi connectivity index (χ0n) is 14.7. The normalized spacial score (nSPS) is 12.6. The third-order valence-corrected chi connectivity index (χ3v) is 5.73. The molecule has 1 aliphatic carbocycles. The Hall–Kier alpha value is -3.12. The Morgan fingerprint density at radius 3 is 2.18 bits per heavy atom. The molecule has 0 aliphatic heterocycles. The summed E-state index contributed by atoms with van der Waals surface area (Å²) in [6, 6.07) is 22.6. The summed E-state index contributed by atoms with van der Waals surface area (Å²) in [5.74, 6) is 0.625. The maximum Gasteiger partial charge on any atom is 0.277 e. The summed E-state index contributed by atoms with van der Waals surface area (Å²) in [6.07, 6.45) is 0. The maximum absolute atomic E-state index is 13.0. The number of halogens is 1. The number of hydrogen-bond acceptors (Lipinski definition) is 5. The second kappa shape index (κ2) is 7.13. The fraction of sp³-hybridized carbons (Fsp3) is 0.0909. The lowest BCUT2D eigenvalue weighted by molar-refractivity contribution is 0.252. The Kier molecular flexibility index (Phi) is 4.33. The van der Waals surface area contributed by atoms with Gasteiger partial charge in [0.25, 0.3) is 11.1 Å². The van der Waals surface area contributed by atoms with Crippen molar-refractivity contribution in [2.45, 2.75) is 17.1 Å². The Labute approximate surface area is 165 Å². The third kappa shape index (κ3) is 3.16. The van der Waals surface area contributed by atoms with E-state index in [4.69, 9.17) is 9.15 Å². The van der Waals surface area contributed by atoms with Crippen molar-refractivity contribution in [3.8, 4) is 16.9 Å². The predicted molar refractivity (Wildman–Crippen MR) is 105 cm³/mol. The summed E-state index contributed by atoms with van der Waals surface area (Å²) < 4.78 is 24.3. The molecule has 1 heterocycles. The van der Waals surface area contributed by atoms with Gasteiger partial charge in [-0.25, -0.2) is 4.39 Å². The lowest BCUT2D eigenvalue weighted by Crippen LogP contribution is -1.95. The fourth-order valence-corrected chi connectivity index (χ4v) is 4.46. The third-order valence-electron chi connectivity index (χ3n) is 4.62. The van der Waals surface area contributed by atoms with Gasteiger partial charge in [0.1, 0.15) is 11.6 Å². The molecule has 0 saturated carbocycles. The van der Waals surface area contributed by atoms with E-state index in [0.717, 1.165) is 0 Å². The van der Waals surface area contributed by atoms with Gasteiger partial charge in [0.15, 0.2) is 6.61 Å². The Morgan fingerprint density at radius 2 is 1.50 bits per heavy atom. The first-order chi connectivity index (χ1) is 13.8. The van der Waals surface area contributed by atoms with Crippen LogP contribution in [0.25, 0.3) is 11.1 Å². The summed E-state index contributed by atoms with van der Waals surface area (Å²) >= 11 is 1.54. The van der Waals surface area contributed by atoms with Crippen LogP contribution in [0.4, 0.5) is 4.39 Å². The average Bonchev–Trinajstić information content (AvgIpc) is 3.31. The molecule has 1 aromatic heterocycles. The summed E-state index contributed by atoms with van der Waals surface area (Å²) in [5.41, 5.74) is 4.98. The van der Waals surface area contributed by atoms with Gasteiger partial charge in [0.05, 0.1) is 5.25 Å². The minimum Gasteiger partial charge on any atom is -0.484 e. The van der Waals surface area contributed by atoms with Crippen molar-refractivity contribution >= 4 is 11.8 Å².